The van der Waals surface area contributed by atoms with E-state index < -0.39 is 0 Å². The van der Waals surface area contributed by atoms with Crippen LogP contribution in [0.2, 0.25) is 0 Å². The first-order chi connectivity index (χ1) is 9.90. The fraction of sp³-hybridized carbons (Fsp3) is 0.375. The molecule has 0 bridgehead atoms. The maximum atomic E-state index is 10.1. The second-order valence-electron chi connectivity index (χ2n) is 4.70. The Morgan fingerprint density at radius 1 is 1.05 bits per heavy atom. The molecular formula is C16H21ClO4. The number of halogens is 1. The molecule has 0 spiro atoms. The van der Waals surface area contributed by atoms with E-state index in [1.807, 2.05) is 13.8 Å². The second kappa shape index (κ2) is 10.9. The molecule has 2 aromatic rings. The SMILES string of the molecule is CC(C)Cl.CC(C)c1coc(C=O)c1.O=Cc1ccco1. The van der Waals surface area contributed by atoms with Crippen molar-refractivity contribution in [2.45, 2.75) is 39.0 Å². The van der Waals surface area contributed by atoms with Crippen LogP contribution in [0.1, 0.15) is 60.3 Å². The van der Waals surface area contributed by atoms with E-state index in [9.17, 15) is 9.59 Å². The third-order valence-electron chi connectivity index (χ3n) is 2.08. The molecule has 0 saturated heterocycles. The average molecular weight is 313 g/mol. The van der Waals surface area contributed by atoms with E-state index in [-0.39, 0.29) is 0 Å². The summed E-state index contributed by atoms with van der Waals surface area (Å²) >= 11 is 5.27. The van der Waals surface area contributed by atoms with Crippen LogP contribution in [-0.4, -0.2) is 17.9 Å². The minimum atomic E-state index is 0.306. The number of hydrogen-bond donors (Lipinski definition) is 0. The molecule has 0 aliphatic rings. The van der Waals surface area contributed by atoms with Crippen LogP contribution in [0.25, 0.3) is 0 Å². The van der Waals surface area contributed by atoms with E-state index in [1.165, 1.54) is 6.26 Å². The molecule has 0 unspecified atom stereocenters. The average Bonchev–Trinajstić information content (AvgIpc) is 3.10. The Balaban J connectivity index is 0.000000317. The van der Waals surface area contributed by atoms with Gasteiger partial charge >= 0.3 is 0 Å². The highest BCUT2D eigenvalue weighted by molar-refractivity contribution is 6.20. The summed E-state index contributed by atoms with van der Waals surface area (Å²) in [7, 11) is 0. The molecule has 2 rings (SSSR count). The highest BCUT2D eigenvalue weighted by Crippen LogP contribution is 2.15. The van der Waals surface area contributed by atoms with Crippen molar-refractivity contribution in [3.63, 3.8) is 0 Å². The summed E-state index contributed by atoms with van der Waals surface area (Å²) in [4.78, 5) is 19.9. The van der Waals surface area contributed by atoms with Gasteiger partial charge in [0.05, 0.1) is 12.5 Å². The lowest BCUT2D eigenvalue weighted by molar-refractivity contribution is 0.109. The summed E-state index contributed by atoms with van der Waals surface area (Å²) in [5.41, 5.74) is 1.07. The van der Waals surface area contributed by atoms with Gasteiger partial charge in [-0.25, -0.2) is 0 Å². The van der Waals surface area contributed by atoms with Crippen molar-refractivity contribution in [3.05, 3.63) is 47.8 Å². The molecule has 0 aromatic carbocycles. The molecule has 0 aliphatic carbocycles. The zero-order valence-corrected chi connectivity index (χ0v) is 13.5. The van der Waals surface area contributed by atoms with Crippen molar-refractivity contribution in [2.24, 2.45) is 0 Å². The molecular weight excluding hydrogens is 292 g/mol. The number of aldehydes is 2. The van der Waals surface area contributed by atoms with Crippen LogP contribution < -0.4 is 0 Å². The van der Waals surface area contributed by atoms with E-state index in [0.717, 1.165) is 5.56 Å². The Morgan fingerprint density at radius 3 is 1.86 bits per heavy atom. The molecule has 2 aromatic heterocycles. The van der Waals surface area contributed by atoms with Crippen LogP contribution in [0, 0.1) is 0 Å². The van der Waals surface area contributed by atoms with Gasteiger partial charge in [-0.3, -0.25) is 9.59 Å². The van der Waals surface area contributed by atoms with Crippen LogP contribution in [0.4, 0.5) is 0 Å². The molecule has 0 saturated carbocycles. The minimum absolute atomic E-state index is 0.306. The summed E-state index contributed by atoms with van der Waals surface area (Å²) < 4.78 is 9.52. The highest BCUT2D eigenvalue weighted by Gasteiger charge is 2.02. The molecule has 0 amide bonds. The monoisotopic (exact) mass is 312 g/mol. The third kappa shape index (κ3) is 9.68. The van der Waals surface area contributed by atoms with Gasteiger partial charge in [-0.2, -0.15) is 0 Å². The van der Waals surface area contributed by atoms with Crippen LogP contribution in [0.5, 0.6) is 0 Å². The highest BCUT2D eigenvalue weighted by atomic mass is 35.5. The number of carbonyl (C=O) groups is 2. The fourth-order valence-corrected chi connectivity index (χ4v) is 1.09. The normalized spacial score (nSPS) is 9.48. The van der Waals surface area contributed by atoms with Crippen molar-refractivity contribution < 1.29 is 18.4 Å². The van der Waals surface area contributed by atoms with E-state index >= 15 is 0 Å². The van der Waals surface area contributed by atoms with Gasteiger partial charge in [0.15, 0.2) is 24.1 Å². The molecule has 2 heterocycles. The first-order valence-corrected chi connectivity index (χ1v) is 7.00. The van der Waals surface area contributed by atoms with Gasteiger partial charge in [-0.05, 0) is 43.5 Å². The van der Waals surface area contributed by atoms with Crippen molar-refractivity contribution in [3.8, 4) is 0 Å². The molecule has 0 radical (unpaired) electrons. The fourth-order valence-electron chi connectivity index (χ4n) is 1.09. The maximum Gasteiger partial charge on any atom is 0.185 e. The molecule has 0 fully saturated rings. The molecule has 0 N–H and O–H groups in total. The van der Waals surface area contributed by atoms with Crippen molar-refractivity contribution in [1.29, 1.82) is 0 Å². The predicted molar refractivity (Wildman–Crippen MR) is 83.3 cm³/mol. The Hall–Kier alpha value is -1.81. The van der Waals surface area contributed by atoms with E-state index in [4.69, 9.17) is 16.0 Å². The number of rotatable bonds is 3. The number of alkyl halides is 1. The summed E-state index contributed by atoms with van der Waals surface area (Å²) in [5, 5.41) is 0.306. The first-order valence-electron chi connectivity index (χ1n) is 6.57. The Labute approximate surface area is 130 Å². The molecule has 116 valence electrons. The van der Waals surface area contributed by atoms with Crippen LogP contribution >= 0.6 is 11.6 Å². The summed E-state index contributed by atoms with van der Waals surface area (Å²) in [6.45, 7) is 7.97. The molecule has 5 heteroatoms. The van der Waals surface area contributed by atoms with E-state index in [1.54, 1.807) is 24.5 Å². The lowest BCUT2D eigenvalue weighted by Crippen LogP contribution is -1.80. The maximum absolute atomic E-state index is 10.1. The Morgan fingerprint density at radius 2 is 1.62 bits per heavy atom. The lowest BCUT2D eigenvalue weighted by Gasteiger charge is -1.94. The van der Waals surface area contributed by atoms with Crippen molar-refractivity contribution >= 4 is 24.2 Å². The van der Waals surface area contributed by atoms with Gasteiger partial charge in [0, 0.05) is 5.38 Å². The minimum Gasteiger partial charge on any atom is -0.462 e. The van der Waals surface area contributed by atoms with Gasteiger partial charge in [0.2, 0.25) is 0 Å². The lowest BCUT2D eigenvalue weighted by atomic mass is 10.1. The predicted octanol–water partition coefficient (Wildman–Crippen LogP) is 4.94. The number of furan rings is 2. The van der Waals surface area contributed by atoms with Gasteiger partial charge < -0.3 is 8.83 Å². The summed E-state index contributed by atoms with van der Waals surface area (Å²) in [5.74, 6) is 1.21. The molecule has 4 nitrogen and oxygen atoms in total. The van der Waals surface area contributed by atoms with Crippen LogP contribution in [-0.2, 0) is 0 Å². The Kier molecular flexibility index (Phi) is 9.98. The summed E-state index contributed by atoms with van der Waals surface area (Å²) in [6, 6.07) is 5.04. The van der Waals surface area contributed by atoms with Crippen molar-refractivity contribution in [1.82, 2.24) is 0 Å². The molecule has 0 aliphatic heterocycles. The standard InChI is InChI=1S/C8H10O2.C5H4O2.C3H7Cl/c1-6(2)7-3-8(4-9)10-5-7;6-4-5-2-1-3-7-5;1-3(2)4/h3-6H,1-2H3;1-4H;3H,1-2H3. The number of hydrogen-bond acceptors (Lipinski definition) is 4. The molecule has 21 heavy (non-hydrogen) atoms. The first kappa shape index (κ1) is 19.2. The van der Waals surface area contributed by atoms with Gasteiger partial charge in [0.25, 0.3) is 0 Å². The van der Waals surface area contributed by atoms with Crippen LogP contribution in [0.15, 0.2) is 39.6 Å². The van der Waals surface area contributed by atoms with Gasteiger partial charge in [-0.15, -0.1) is 11.6 Å². The zero-order chi connectivity index (χ0) is 16.3. The second-order valence-corrected chi connectivity index (χ2v) is 5.57. The van der Waals surface area contributed by atoms with Gasteiger partial charge in [0.1, 0.15) is 0 Å². The van der Waals surface area contributed by atoms with Crippen LogP contribution in [0.3, 0.4) is 0 Å². The quantitative estimate of drug-likeness (QED) is 0.595. The Bertz CT molecular complexity index is 495. The zero-order valence-electron chi connectivity index (χ0n) is 12.7. The van der Waals surface area contributed by atoms with Crippen molar-refractivity contribution in [2.75, 3.05) is 0 Å². The topological polar surface area (TPSA) is 60.4 Å². The smallest absolute Gasteiger partial charge is 0.185 e. The van der Waals surface area contributed by atoms with E-state index in [0.29, 0.717) is 35.4 Å². The van der Waals surface area contributed by atoms with Gasteiger partial charge in [-0.1, -0.05) is 13.8 Å². The molecule has 0 atom stereocenters. The largest absolute Gasteiger partial charge is 0.462 e. The summed E-state index contributed by atoms with van der Waals surface area (Å²) in [6.07, 6.45) is 4.46. The van der Waals surface area contributed by atoms with E-state index in [2.05, 4.69) is 18.3 Å². The third-order valence-corrected chi connectivity index (χ3v) is 2.08. The number of carbonyl (C=O) groups excluding carboxylic acids is 2.